The third-order valence-electron chi connectivity index (χ3n) is 2.83. The zero-order valence-corrected chi connectivity index (χ0v) is 11.7. The van der Waals surface area contributed by atoms with E-state index in [-0.39, 0.29) is 18.0 Å². The summed E-state index contributed by atoms with van der Waals surface area (Å²) in [6.45, 7) is 0.788. The van der Waals surface area contributed by atoms with Gasteiger partial charge in [0.05, 0.1) is 18.4 Å². The first-order chi connectivity index (χ1) is 8.61. The van der Waals surface area contributed by atoms with Crippen LogP contribution in [0.2, 0.25) is 0 Å². The highest BCUT2D eigenvalue weighted by Gasteiger charge is 2.23. The molecule has 2 rings (SSSR count). The molecule has 0 aliphatic heterocycles. The normalized spacial score (nSPS) is 14.3. The summed E-state index contributed by atoms with van der Waals surface area (Å²) in [6, 6.07) is 0. The number of rotatable bonds is 5. The second kappa shape index (κ2) is 5.51. The molecule has 1 fully saturated rings. The summed E-state index contributed by atoms with van der Waals surface area (Å²) < 4.78 is 1.88. The second-order valence-electron chi connectivity index (χ2n) is 4.33. The molecule has 1 aliphatic carbocycles. The highest BCUT2D eigenvalue weighted by molar-refractivity contribution is 9.10. The predicted molar refractivity (Wildman–Crippen MR) is 71.5 cm³/mol. The average molecular weight is 315 g/mol. The molecule has 0 radical (unpaired) electrons. The largest absolute Gasteiger partial charge is 0.374 e. The first-order valence-corrected chi connectivity index (χ1v) is 6.61. The van der Waals surface area contributed by atoms with Crippen molar-refractivity contribution in [2.75, 3.05) is 18.9 Å². The molecule has 1 amide bonds. The number of carbonyl (C=O) groups is 1. The van der Waals surface area contributed by atoms with Crippen molar-refractivity contribution in [3.05, 3.63) is 21.0 Å². The molecule has 1 aromatic heterocycles. The summed E-state index contributed by atoms with van der Waals surface area (Å²) in [5, 5.41) is 9.46. The van der Waals surface area contributed by atoms with Gasteiger partial charge in [-0.25, -0.2) is 4.68 Å². The summed E-state index contributed by atoms with van der Waals surface area (Å²) in [5.41, 5.74) is 0.374. The summed E-state index contributed by atoms with van der Waals surface area (Å²) in [5.74, 6) is 0.441. The van der Waals surface area contributed by atoms with Gasteiger partial charge in [-0.1, -0.05) is 0 Å². The molecule has 2 N–H and O–H groups in total. The lowest BCUT2D eigenvalue weighted by atomic mass is 10.4. The van der Waals surface area contributed by atoms with Crippen molar-refractivity contribution >= 4 is 27.5 Å². The van der Waals surface area contributed by atoms with Crippen LogP contribution in [0.4, 0.5) is 5.69 Å². The van der Waals surface area contributed by atoms with Crippen LogP contribution in [0.25, 0.3) is 0 Å². The molecule has 18 heavy (non-hydrogen) atoms. The summed E-state index contributed by atoms with van der Waals surface area (Å²) in [4.78, 5) is 23.1. The molecule has 1 heterocycles. The van der Waals surface area contributed by atoms with Crippen LogP contribution in [-0.4, -0.2) is 29.3 Å². The van der Waals surface area contributed by atoms with Crippen molar-refractivity contribution in [2.45, 2.75) is 19.4 Å². The molecule has 0 saturated heterocycles. The van der Waals surface area contributed by atoms with E-state index < -0.39 is 0 Å². The van der Waals surface area contributed by atoms with Crippen molar-refractivity contribution in [1.29, 1.82) is 0 Å². The zero-order valence-electron chi connectivity index (χ0n) is 10.1. The van der Waals surface area contributed by atoms with Gasteiger partial charge in [0, 0.05) is 13.6 Å². The number of likely N-dealkylation sites (N-methyl/N-ethyl adjacent to an activating group) is 1. The van der Waals surface area contributed by atoms with Gasteiger partial charge in [0.2, 0.25) is 5.91 Å². The number of anilines is 1. The predicted octanol–water partition coefficient (Wildman–Crippen LogP) is 0.574. The van der Waals surface area contributed by atoms with E-state index in [1.165, 1.54) is 17.5 Å². The Morgan fingerprint density at radius 3 is 2.94 bits per heavy atom. The van der Waals surface area contributed by atoms with Crippen LogP contribution >= 0.6 is 15.9 Å². The van der Waals surface area contributed by atoms with Crippen molar-refractivity contribution in [3.63, 3.8) is 0 Å². The monoisotopic (exact) mass is 314 g/mol. The van der Waals surface area contributed by atoms with Crippen molar-refractivity contribution in [2.24, 2.45) is 5.92 Å². The van der Waals surface area contributed by atoms with Gasteiger partial charge in [-0.15, -0.1) is 0 Å². The Bertz CT molecular complexity index is 510. The summed E-state index contributed by atoms with van der Waals surface area (Å²) in [6.07, 6.45) is 3.90. The van der Waals surface area contributed by atoms with Crippen molar-refractivity contribution in [3.8, 4) is 0 Å². The number of amides is 1. The van der Waals surface area contributed by atoms with E-state index in [0.29, 0.717) is 22.6 Å². The van der Waals surface area contributed by atoms with Gasteiger partial charge < -0.3 is 10.6 Å². The van der Waals surface area contributed by atoms with Gasteiger partial charge in [0.1, 0.15) is 4.47 Å². The Hall–Kier alpha value is -1.37. The van der Waals surface area contributed by atoms with E-state index in [1.807, 2.05) is 0 Å². The van der Waals surface area contributed by atoms with Crippen LogP contribution in [-0.2, 0) is 11.3 Å². The molecule has 0 aromatic carbocycles. The first-order valence-electron chi connectivity index (χ1n) is 5.82. The first kappa shape index (κ1) is 13.1. The fraction of sp³-hybridized carbons (Fsp3) is 0.545. The van der Waals surface area contributed by atoms with Gasteiger partial charge in [0.15, 0.2) is 0 Å². The fourth-order valence-corrected chi connectivity index (χ4v) is 1.97. The van der Waals surface area contributed by atoms with Crippen LogP contribution < -0.4 is 16.2 Å². The Morgan fingerprint density at radius 1 is 1.61 bits per heavy atom. The van der Waals surface area contributed by atoms with E-state index in [1.54, 1.807) is 13.2 Å². The molecule has 7 heteroatoms. The molecule has 0 spiro atoms. The summed E-state index contributed by atoms with van der Waals surface area (Å²) in [7, 11) is 1.56. The molecule has 6 nitrogen and oxygen atoms in total. The molecule has 1 aliphatic rings. The molecule has 1 saturated carbocycles. The summed E-state index contributed by atoms with van der Waals surface area (Å²) >= 11 is 3.25. The van der Waals surface area contributed by atoms with Gasteiger partial charge in [-0.2, -0.15) is 5.10 Å². The van der Waals surface area contributed by atoms with Crippen LogP contribution in [0.1, 0.15) is 12.8 Å². The number of hydrogen-bond acceptors (Lipinski definition) is 4. The van der Waals surface area contributed by atoms with E-state index in [0.717, 1.165) is 0 Å². The third-order valence-corrected chi connectivity index (χ3v) is 3.60. The number of carbonyl (C=O) groups excluding carboxylic acids is 1. The van der Waals surface area contributed by atoms with Gasteiger partial charge >= 0.3 is 0 Å². The maximum absolute atomic E-state index is 12.0. The van der Waals surface area contributed by atoms with Gasteiger partial charge in [0.25, 0.3) is 5.56 Å². The van der Waals surface area contributed by atoms with Crippen LogP contribution in [0.5, 0.6) is 0 Å². The Morgan fingerprint density at radius 2 is 2.33 bits per heavy atom. The van der Waals surface area contributed by atoms with E-state index in [9.17, 15) is 9.59 Å². The Labute approximate surface area is 113 Å². The van der Waals surface area contributed by atoms with Crippen LogP contribution in [0.15, 0.2) is 15.5 Å². The number of nitrogens with one attached hydrogen (secondary N) is 2. The Kier molecular flexibility index (Phi) is 4.00. The highest BCUT2D eigenvalue weighted by atomic mass is 79.9. The SMILES string of the molecule is CNC(=O)CNc1cnn(CC2CC2)c(=O)c1Br. The number of aromatic nitrogens is 2. The van der Waals surface area contributed by atoms with Crippen molar-refractivity contribution in [1.82, 2.24) is 15.1 Å². The van der Waals surface area contributed by atoms with Crippen LogP contribution in [0.3, 0.4) is 0 Å². The minimum absolute atomic E-state index is 0.114. The molecular formula is C11H15BrN4O2. The molecule has 0 bridgehead atoms. The van der Waals surface area contributed by atoms with Crippen LogP contribution in [0, 0.1) is 5.92 Å². The van der Waals surface area contributed by atoms with E-state index in [2.05, 4.69) is 31.7 Å². The molecule has 0 atom stereocenters. The standard InChI is InChI=1S/C11H15BrN4O2/c1-13-9(17)5-14-8-4-15-16(6-7-2-3-7)11(18)10(8)12/h4,7,14H,2-3,5-6H2,1H3,(H,13,17). The van der Waals surface area contributed by atoms with Crippen molar-refractivity contribution < 1.29 is 4.79 Å². The quantitative estimate of drug-likeness (QED) is 0.833. The number of hydrogen-bond donors (Lipinski definition) is 2. The maximum atomic E-state index is 12.0. The minimum Gasteiger partial charge on any atom is -0.374 e. The van der Waals surface area contributed by atoms with E-state index in [4.69, 9.17) is 0 Å². The minimum atomic E-state index is -0.163. The molecule has 0 unspecified atom stereocenters. The molecule has 1 aromatic rings. The lowest BCUT2D eigenvalue weighted by Crippen LogP contribution is -2.29. The Balaban J connectivity index is 2.10. The lowest BCUT2D eigenvalue weighted by molar-refractivity contribution is -0.118. The average Bonchev–Trinajstić information content (AvgIpc) is 3.17. The number of halogens is 1. The van der Waals surface area contributed by atoms with E-state index >= 15 is 0 Å². The fourth-order valence-electron chi connectivity index (χ4n) is 1.53. The number of nitrogens with zero attached hydrogens (tertiary/aromatic N) is 2. The zero-order chi connectivity index (χ0) is 13.1. The van der Waals surface area contributed by atoms with Gasteiger partial charge in [-0.05, 0) is 34.7 Å². The third kappa shape index (κ3) is 3.10. The smallest absolute Gasteiger partial charge is 0.283 e. The second-order valence-corrected chi connectivity index (χ2v) is 5.12. The molecule has 98 valence electrons. The lowest BCUT2D eigenvalue weighted by Gasteiger charge is -2.09. The topological polar surface area (TPSA) is 76.0 Å². The highest BCUT2D eigenvalue weighted by Crippen LogP contribution is 2.30. The maximum Gasteiger partial charge on any atom is 0.283 e. The molecular weight excluding hydrogens is 300 g/mol. The van der Waals surface area contributed by atoms with Gasteiger partial charge in [-0.3, -0.25) is 9.59 Å².